The molecule has 0 fully saturated rings. The summed E-state index contributed by atoms with van der Waals surface area (Å²) in [6, 6.07) is 1.56. The van der Waals surface area contributed by atoms with Crippen LogP contribution in [0.15, 0.2) is 21.2 Å². The van der Waals surface area contributed by atoms with Gasteiger partial charge in [0, 0.05) is 0 Å². The van der Waals surface area contributed by atoms with Crippen LogP contribution in [0.25, 0.3) is 0 Å². The summed E-state index contributed by atoms with van der Waals surface area (Å²) in [6.07, 6.45) is 0. The van der Waals surface area contributed by atoms with Crippen molar-refractivity contribution >= 4 is 27.8 Å². The van der Waals surface area contributed by atoms with Gasteiger partial charge in [-0.1, -0.05) is 0 Å². The molecule has 15 heavy (non-hydrogen) atoms. The predicted molar refractivity (Wildman–Crippen MR) is 52.4 cm³/mol. The SMILES string of the molecule is O=C(N[C@@H](CO)C(=O)O)c1ccc(Br)o1. The standard InChI is InChI=1S/C8H8BrNO5/c9-6-2-1-5(15-6)7(12)10-4(3-11)8(13)14/h1-2,4,11H,3H2,(H,10,12)(H,13,14)/t4-/m0/s1. The fourth-order valence-corrected chi connectivity index (χ4v) is 1.16. The molecular formula is C8H8BrNO5. The first kappa shape index (κ1) is 11.7. The smallest absolute Gasteiger partial charge is 0.328 e. The highest BCUT2D eigenvalue weighted by Crippen LogP contribution is 2.13. The molecule has 1 amide bonds. The summed E-state index contributed by atoms with van der Waals surface area (Å²) >= 11 is 3.00. The average molecular weight is 278 g/mol. The number of hydrogen-bond acceptors (Lipinski definition) is 4. The molecule has 0 unspecified atom stereocenters. The Morgan fingerprint density at radius 3 is 2.60 bits per heavy atom. The first-order valence-corrected chi connectivity index (χ1v) is 4.73. The van der Waals surface area contributed by atoms with Crippen molar-refractivity contribution in [3.8, 4) is 0 Å². The van der Waals surface area contributed by atoms with Crippen molar-refractivity contribution < 1.29 is 24.2 Å². The number of rotatable bonds is 4. The van der Waals surface area contributed by atoms with E-state index in [1.165, 1.54) is 12.1 Å². The normalized spacial score (nSPS) is 12.1. The highest BCUT2D eigenvalue weighted by Gasteiger charge is 2.21. The molecule has 0 aliphatic heterocycles. The van der Waals surface area contributed by atoms with Crippen molar-refractivity contribution in [1.29, 1.82) is 0 Å². The number of carboxylic acid groups (broad SMARTS) is 1. The fourth-order valence-electron chi connectivity index (χ4n) is 0.851. The summed E-state index contributed by atoms with van der Waals surface area (Å²) in [6.45, 7) is -0.678. The van der Waals surface area contributed by atoms with E-state index >= 15 is 0 Å². The van der Waals surface area contributed by atoms with Gasteiger partial charge in [-0.2, -0.15) is 0 Å². The monoisotopic (exact) mass is 277 g/mol. The van der Waals surface area contributed by atoms with E-state index < -0.39 is 24.5 Å². The molecule has 3 N–H and O–H groups in total. The van der Waals surface area contributed by atoms with E-state index in [0.29, 0.717) is 4.67 Å². The van der Waals surface area contributed by atoms with E-state index in [9.17, 15) is 9.59 Å². The summed E-state index contributed by atoms with van der Waals surface area (Å²) in [5, 5.41) is 19.3. The number of nitrogens with one attached hydrogen (secondary N) is 1. The molecule has 0 aliphatic rings. The summed E-state index contributed by atoms with van der Waals surface area (Å²) in [5.74, 6) is -2.03. The number of halogens is 1. The summed E-state index contributed by atoms with van der Waals surface area (Å²) < 4.78 is 5.26. The molecule has 1 heterocycles. The second kappa shape index (κ2) is 4.94. The van der Waals surface area contributed by atoms with E-state index in [1.807, 2.05) is 0 Å². The van der Waals surface area contributed by atoms with Gasteiger partial charge in [-0.25, -0.2) is 4.79 Å². The van der Waals surface area contributed by atoms with Crippen molar-refractivity contribution in [1.82, 2.24) is 5.32 Å². The van der Waals surface area contributed by atoms with Gasteiger partial charge in [0.2, 0.25) is 0 Å². The van der Waals surface area contributed by atoms with Crippen LogP contribution in [-0.4, -0.2) is 34.7 Å². The predicted octanol–water partition coefficient (Wildman–Crippen LogP) is 0.217. The molecule has 0 aromatic carbocycles. The molecule has 82 valence electrons. The fraction of sp³-hybridized carbons (Fsp3) is 0.250. The number of furan rings is 1. The Labute approximate surface area is 93.0 Å². The Balaban J connectivity index is 2.66. The third-order valence-electron chi connectivity index (χ3n) is 1.58. The lowest BCUT2D eigenvalue weighted by Crippen LogP contribution is -2.43. The lowest BCUT2D eigenvalue weighted by atomic mass is 10.3. The van der Waals surface area contributed by atoms with Gasteiger partial charge in [-0.15, -0.1) is 0 Å². The number of aliphatic hydroxyl groups excluding tert-OH is 1. The Morgan fingerprint density at radius 1 is 1.53 bits per heavy atom. The lowest BCUT2D eigenvalue weighted by Gasteiger charge is -2.09. The van der Waals surface area contributed by atoms with E-state index in [4.69, 9.17) is 14.6 Å². The number of aliphatic carboxylic acids is 1. The summed E-state index contributed by atoms with van der Waals surface area (Å²) in [4.78, 5) is 21.8. The van der Waals surface area contributed by atoms with Crippen LogP contribution in [0.3, 0.4) is 0 Å². The van der Waals surface area contributed by atoms with Crippen LogP contribution in [0.1, 0.15) is 10.6 Å². The first-order chi connectivity index (χ1) is 7.04. The molecule has 0 aliphatic carbocycles. The Morgan fingerprint density at radius 2 is 2.20 bits per heavy atom. The minimum Gasteiger partial charge on any atom is -0.480 e. The highest BCUT2D eigenvalue weighted by atomic mass is 79.9. The number of carboxylic acids is 1. The maximum atomic E-state index is 11.3. The third-order valence-corrected chi connectivity index (χ3v) is 2.01. The van der Waals surface area contributed by atoms with Crippen molar-refractivity contribution in [2.45, 2.75) is 6.04 Å². The summed E-state index contributed by atoms with van der Waals surface area (Å²) in [7, 11) is 0. The summed E-state index contributed by atoms with van der Waals surface area (Å²) in [5.41, 5.74) is 0. The molecular weight excluding hydrogens is 270 g/mol. The lowest BCUT2D eigenvalue weighted by molar-refractivity contribution is -0.140. The number of aliphatic hydroxyl groups is 1. The van der Waals surface area contributed by atoms with Gasteiger partial charge in [0.05, 0.1) is 6.61 Å². The highest BCUT2D eigenvalue weighted by molar-refractivity contribution is 9.10. The zero-order valence-corrected chi connectivity index (χ0v) is 9.02. The zero-order chi connectivity index (χ0) is 11.4. The zero-order valence-electron chi connectivity index (χ0n) is 7.44. The van der Waals surface area contributed by atoms with Crippen LogP contribution in [0.5, 0.6) is 0 Å². The topological polar surface area (TPSA) is 99.8 Å². The number of carbonyl (C=O) groups excluding carboxylic acids is 1. The largest absolute Gasteiger partial charge is 0.480 e. The van der Waals surface area contributed by atoms with Crippen LogP contribution in [0.2, 0.25) is 0 Å². The van der Waals surface area contributed by atoms with Crippen molar-refractivity contribution in [2.75, 3.05) is 6.61 Å². The van der Waals surface area contributed by atoms with Gasteiger partial charge in [0.25, 0.3) is 5.91 Å². The van der Waals surface area contributed by atoms with E-state index in [2.05, 4.69) is 21.2 Å². The van der Waals surface area contributed by atoms with Crippen LogP contribution >= 0.6 is 15.9 Å². The molecule has 0 saturated heterocycles. The second-order valence-corrected chi connectivity index (χ2v) is 3.43. The Kier molecular flexibility index (Phi) is 3.87. The molecule has 1 aromatic heterocycles. The minimum absolute atomic E-state index is 0.0263. The van der Waals surface area contributed by atoms with Gasteiger partial charge in [-0.3, -0.25) is 4.79 Å². The maximum absolute atomic E-state index is 11.3. The number of amides is 1. The third kappa shape index (κ3) is 3.07. The molecule has 0 spiro atoms. The molecule has 1 aromatic rings. The molecule has 7 heteroatoms. The molecule has 1 atom stereocenters. The Bertz CT molecular complexity index is 375. The number of carbonyl (C=O) groups is 2. The van der Waals surface area contributed by atoms with E-state index in [-0.39, 0.29) is 5.76 Å². The second-order valence-electron chi connectivity index (χ2n) is 2.65. The van der Waals surface area contributed by atoms with Gasteiger partial charge in [-0.05, 0) is 28.1 Å². The van der Waals surface area contributed by atoms with Crippen molar-refractivity contribution in [2.24, 2.45) is 0 Å². The molecule has 0 radical (unpaired) electrons. The molecule has 1 rings (SSSR count). The van der Waals surface area contributed by atoms with Crippen LogP contribution < -0.4 is 5.32 Å². The Hall–Kier alpha value is -1.34. The first-order valence-electron chi connectivity index (χ1n) is 3.94. The van der Waals surface area contributed by atoms with E-state index in [0.717, 1.165) is 0 Å². The average Bonchev–Trinajstić information content (AvgIpc) is 2.60. The van der Waals surface area contributed by atoms with Crippen molar-refractivity contribution in [3.63, 3.8) is 0 Å². The van der Waals surface area contributed by atoms with Gasteiger partial charge in [0.15, 0.2) is 16.5 Å². The van der Waals surface area contributed by atoms with Crippen LogP contribution in [0, 0.1) is 0 Å². The maximum Gasteiger partial charge on any atom is 0.328 e. The van der Waals surface area contributed by atoms with Crippen LogP contribution in [0.4, 0.5) is 0 Å². The molecule has 6 nitrogen and oxygen atoms in total. The number of hydrogen-bond donors (Lipinski definition) is 3. The van der Waals surface area contributed by atoms with Gasteiger partial charge in [0.1, 0.15) is 0 Å². The van der Waals surface area contributed by atoms with Crippen molar-refractivity contribution in [3.05, 3.63) is 22.6 Å². The quantitative estimate of drug-likeness (QED) is 0.731. The minimum atomic E-state index is -1.33. The van der Waals surface area contributed by atoms with Gasteiger partial charge >= 0.3 is 5.97 Å². The molecule has 0 bridgehead atoms. The molecule has 0 saturated carbocycles. The van der Waals surface area contributed by atoms with Gasteiger partial charge < -0.3 is 19.9 Å². The van der Waals surface area contributed by atoms with Crippen LogP contribution in [-0.2, 0) is 4.79 Å². The van der Waals surface area contributed by atoms with E-state index in [1.54, 1.807) is 0 Å².